The smallest absolute Gasteiger partial charge is 0.141 e. The second kappa shape index (κ2) is 6.26. The molecule has 0 amide bonds. The van der Waals surface area contributed by atoms with Crippen molar-refractivity contribution in [2.24, 2.45) is 5.92 Å². The van der Waals surface area contributed by atoms with Gasteiger partial charge in [-0.15, -0.1) is 11.3 Å². The number of hydrogen-bond donors (Lipinski definition) is 1. The first-order valence-corrected chi connectivity index (χ1v) is 9.27. The molecule has 3 heterocycles. The Bertz CT molecular complexity index is 723. The van der Waals surface area contributed by atoms with E-state index in [2.05, 4.69) is 21.8 Å². The molecular weight excluding hydrogens is 334 g/mol. The van der Waals surface area contributed by atoms with Crippen LogP contribution in [0, 0.1) is 5.92 Å². The first-order valence-electron chi connectivity index (χ1n) is 8.07. The number of rotatable bonds is 2. The Balaban J connectivity index is 1.59. The Labute approximate surface area is 144 Å². The Hall–Kier alpha value is -0.790. The van der Waals surface area contributed by atoms with E-state index in [4.69, 9.17) is 16.3 Å². The van der Waals surface area contributed by atoms with Crippen molar-refractivity contribution in [3.8, 4) is 0 Å². The van der Waals surface area contributed by atoms with E-state index in [9.17, 15) is 5.11 Å². The van der Waals surface area contributed by atoms with Crippen LogP contribution in [0.4, 0.5) is 0 Å². The first-order chi connectivity index (χ1) is 11.1. The molecule has 1 aliphatic heterocycles. The summed E-state index contributed by atoms with van der Waals surface area (Å²) in [6.45, 7) is 4.32. The number of halogens is 1. The van der Waals surface area contributed by atoms with Crippen molar-refractivity contribution in [2.45, 2.75) is 38.5 Å². The molecule has 23 heavy (non-hydrogen) atoms. The molecule has 2 aliphatic rings. The van der Waals surface area contributed by atoms with Gasteiger partial charge in [-0.05, 0) is 31.7 Å². The van der Waals surface area contributed by atoms with Gasteiger partial charge in [-0.3, -0.25) is 4.90 Å². The average Bonchev–Trinajstić information content (AvgIpc) is 2.93. The Kier molecular flexibility index (Phi) is 4.28. The highest BCUT2D eigenvalue weighted by atomic mass is 35.5. The lowest BCUT2D eigenvalue weighted by atomic mass is 9.86. The summed E-state index contributed by atoms with van der Waals surface area (Å²) in [5, 5.41) is 12.4. The number of aromatic nitrogens is 2. The van der Waals surface area contributed by atoms with Crippen molar-refractivity contribution in [3.05, 3.63) is 21.9 Å². The van der Waals surface area contributed by atoms with E-state index in [0.717, 1.165) is 36.0 Å². The lowest BCUT2D eigenvalue weighted by Gasteiger charge is -2.41. The second-order valence-electron chi connectivity index (χ2n) is 6.43. The van der Waals surface area contributed by atoms with Gasteiger partial charge in [0.1, 0.15) is 22.5 Å². The fraction of sp³-hybridized carbons (Fsp3) is 0.625. The van der Waals surface area contributed by atoms with Gasteiger partial charge in [0.15, 0.2) is 0 Å². The van der Waals surface area contributed by atoms with Gasteiger partial charge in [-0.2, -0.15) is 0 Å². The summed E-state index contributed by atoms with van der Waals surface area (Å²) in [6, 6.07) is 0.267. The van der Waals surface area contributed by atoms with Crippen molar-refractivity contribution in [3.63, 3.8) is 0 Å². The third-order valence-corrected chi connectivity index (χ3v) is 6.47. The maximum absolute atomic E-state index is 10.8. The van der Waals surface area contributed by atoms with Crippen molar-refractivity contribution in [2.75, 3.05) is 19.8 Å². The maximum Gasteiger partial charge on any atom is 0.141 e. The molecule has 2 aromatic heterocycles. The third kappa shape index (κ3) is 2.76. The monoisotopic (exact) mass is 353 g/mol. The van der Waals surface area contributed by atoms with Crippen LogP contribution in [-0.2, 0) is 17.6 Å². The number of thiophene rings is 1. The van der Waals surface area contributed by atoms with Crippen LogP contribution in [0.25, 0.3) is 10.2 Å². The van der Waals surface area contributed by atoms with Gasteiger partial charge < -0.3 is 9.84 Å². The number of aliphatic hydroxyl groups excluding tert-OH is 1. The van der Waals surface area contributed by atoms with Gasteiger partial charge in [0, 0.05) is 23.4 Å². The van der Waals surface area contributed by atoms with Gasteiger partial charge >= 0.3 is 0 Å². The number of aryl methyl sites for hydroxylation is 1. The van der Waals surface area contributed by atoms with Crippen LogP contribution in [-0.4, -0.2) is 52.0 Å². The summed E-state index contributed by atoms with van der Waals surface area (Å²) in [7, 11) is 0. The summed E-state index contributed by atoms with van der Waals surface area (Å²) in [5.74, 6) is 0.253. The van der Waals surface area contributed by atoms with Gasteiger partial charge in [-0.25, -0.2) is 9.97 Å². The van der Waals surface area contributed by atoms with Crippen molar-refractivity contribution in [1.82, 2.24) is 14.9 Å². The number of nitrogens with zero attached hydrogens (tertiary/aromatic N) is 3. The first kappa shape index (κ1) is 15.7. The average molecular weight is 354 g/mol. The number of morpholine rings is 1. The number of hydrogen-bond acceptors (Lipinski definition) is 6. The molecule has 0 radical (unpaired) electrons. The van der Waals surface area contributed by atoms with Crippen LogP contribution in [0.5, 0.6) is 0 Å². The summed E-state index contributed by atoms with van der Waals surface area (Å²) >= 11 is 7.95. The summed E-state index contributed by atoms with van der Waals surface area (Å²) in [4.78, 5) is 12.9. The van der Waals surface area contributed by atoms with E-state index >= 15 is 0 Å². The Morgan fingerprint density at radius 1 is 1.48 bits per heavy atom. The standard InChI is InChI=1S/C16H20ClN3O2S/c1-9-7-22-5-4-20(9)16(21)10-2-3-11-12(6-10)23-15-13(11)14(17)18-8-19-15/h8-10,16,21H,2-7H2,1H3/t9-,10-,16?/m0/s1. The molecule has 0 aromatic carbocycles. The summed E-state index contributed by atoms with van der Waals surface area (Å²) in [5.41, 5.74) is 1.29. The van der Waals surface area contributed by atoms with E-state index in [1.807, 2.05) is 0 Å². The molecule has 1 unspecified atom stereocenters. The quantitative estimate of drug-likeness (QED) is 0.840. The van der Waals surface area contributed by atoms with E-state index in [-0.39, 0.29) is 12.0 Å². The molecule has 4 rings (SSSR count). The topological polar surface area (TPSA) is 58.5 Å². The van der Waals surface area contributed by atoms with Crippen LogP contribution in [0.1, 0.15) is 23.8 Å². The highest BCUT2D eigenvalue weighted by molar-refractivity contribution is 7.19. The zero-order chi connectivity index (χ0) is 16.0. The molecule has 2 aromatic rings. The minimum Gasteiger partial charge on any atom is -0.379 e. The minimum absolute atomic E-state index is 0.253. The molecule has 0 saturated carbocycles. The number of fused-ring (bicyclic) bond motifs is 3. The number of ether oxygens (including phenoxy) is 1. The van der Waals surface area contributed by atoms with Crippen LogP contribution >= 0.6 is 22.9 Å². The van der Waals surface area contributed by atoms with Crippen molar-refractivity contribution in [1.29, 1.82) is 0 Å². The van der Waals surface area contributed by atoms with E-state index < -0.39 is 6.23 Å². The van der Waals surface area contributed by atoms with Crippen molar-refractivity contribution < 1.29 is 9.84 Å². The highest BCUT2D eigenvalue weighted by Gasteiger charge is 2.34. The zero-order valence-corrected chi connectivity index (χ0v) is 14.6. The molecule has 0 spiro atoms. The largest absolute Gasteiger partial charge is 0.379 e. The highest BCUT2D eigenvalue weighted by Crippen LogP contribution is 2.40. The normalized spacial score (nSPS) is 27.1. The van der Waals surface area contributed by atoms with E-state index in [0.29, 0.717) is 18.4 Å². The van der Waals surface area contributed by atoms with Gasteiger partial charge in [-0.1, -0.05) is 11.6 Å². The second-order valence-corrected chi connectivity index (χ2v) is 7.87. The molecule has 124 valence electrons. The third-order valence-electron chi connectivity index (χ3n) is 5.02. The molecule has 5 nitrogen and oxygen atoms in total. The molecule has 7 heteroatoms. The lowest BCUT2D eigenvalue weighted by molar-refractivity contribution is -0.114. The lowest BCUT2D eigenvalue weighted by Crippen LogP contribution is -2.52. The predicted octanol–water partition coefficient (Wildman–Crippen LogP) is 2.49. The van der Waals surface area contributed by atoms with Crippen LogP contribution in [0.15, 0.2) is 6.33 Å². The van der Waals surface area contributed by atoms with Crippen LogP contribution < -0.4 is 0 Å². The molecule has 1 aliphatic carbocycles. The summed E-state index contributed by atoms with van der Waals surface area (Å²) < 4.78 is 5.48. The van der Waals surface area contributed by atoms with E-state index in [1.165, 1.54) is 16.8 Å². The fourth-order valence-corrected chi connectivity index (χ4v) is 5.34. The minimum atomic E-state index is -0.409. The maximum atomic E-state index is 10.8. The zero-order valence-electron chi connectivity index (χ0n) is 13.0. The molecule has 1 N–H and O–H groups in total. The van der Waals surface area contributed by atoms with Gasteiger partial charge in [0.2, 0.25) is 0 Å². The van der Waals surface area contributed by atoms with E-state index in [1.54, 1.807) is 11.3 Å². The molecular formula is C16H20ClN3O2S. The molecule has 1 saturated heterocycles. The van der Waals surface area contributed by atoms with Gasteiger partial charge in [0.05, 0.1) is 18.6 Å². The van der Waals surface area contributed by atoms with Gasteiger partial charge in [0.25, 0.3) is 0 Å². The Morgan fingerprint density at radius 2 is 2.35 bits per heavy atom. The van der Waals surface area contributed by atoms with Crippen LogP contribution in [0.2, 0.25) is 5.15 Å². The fourth-order valence-electron chi connectivity index (χ4n) is 3.76. The molecule has 3 atom stereocenters. The molecule has 1 fully saturated rings. The Morgan fingerprint density at radius 3 is 3.17 bits per heavy atom. The SMILES string of the molecule is C[C@H]1COCCN1C(O)[C@H]1CCc2c(sc3ncnc(Cl)c23)C1. The van der Waals surface area contributed by atoms with Crippen LogP contribution in [0.3, 0.4) is 0 Å². The van der Waals surface area contributed by atoms with Crippen molar-refractivity contribution >= 4 is 33.2 Å². The summed E-state index contributed by atoms with van der Waals surface area (Å²) in [6.07, 6.45) is 3.90. The number of aliphatic hydroxyl groups is 1. The molecule has 0 bridgehead atoms. The predicted molar refractivity (Wildman–Crippen MR) is 90.9 cm³/mol.